The Morgan fingerprint density at radius 3 is 1.17 bits per heavy atom. The molecule has 0 spiro atoms. The highest BCUT2D eigenvalue weighted by Crippen LogP contribution is 2.47. The van der Waals surface area contributed by atoms with Crippen LogP contribution in [0.25, 0.3) is 120 Å². The highest BCUT2D eigenvalue weighted by Gasteiger charge is 2.35. The van der Waals surface area contributed by atoms with Gasteiger partial charge in [0.2, 0.25) is 0 Å². The number of hydrogen-bond acceptors (Lipinski definition) is 3. The molecule has 0 aliphatic rings. The molecular formula is C67H36F3N7. The minimum atomic E-state index is -4.78. The van der Waals surface area contributed by atoms with Gasteiger partial charge in [-0.05, 0) is 123 Å². The number of fused-ring (bicyclic) bond motifs is 6. The van der Waals surface area contributed by atoms with Gasteiger partial charge in [-0.25, -0.2) is 9.69 Å². The molecule has 7 nitrogen and oxygen atoms in total. The third-order valence-corrected chi connectivity index (χ3v) is 14.5. The Morgan fingerprint density at radius 1 is 0.416 bits per heavy atom. The summed E-state index contributed by atoms with van der Waals surface area (Å²) in [7, 11) is 0. The maximum absolute atomic E-state index is 15.6. The first-order valence-electron chi connectivity index (χ1n) is 24.4. The van der Waals surface area contributed by atoms with Crippen molar-refractivity contribution in [3.8, 4) is 85.2 Å². The van der Waals surface area contributed by atoms with E-state index in [0.717, 1.165) is 27.6 Å². The Kier molecular flexibility index (Phi) is 11.3. The maximum Gasteiger partial charge on any atom is 0.417 e. The van der Waals surface area contributed by atoms with Crippen LogP contribution in [0.2, 0.25) is 0 Å². The Hall–Kier alpha value is -11.0. The fourth-order valence-electron chi connectivity index (χ4n) is 11.0. The number of benzene rings is 10. The Bertz CT molecular complexity index is 4220. The van der Waals surface area contributed by atoms with Crippen LogP contribution >= 0.6 is 0 Å². The monoisotopic (exact) mass is 995 g/mol. The molecule has 0 fully saturated rings. The van der Waals surface area contributed by atoms with Crippen LogP contribution in [0.4, 0.5) is 24.5 Å². The summed E-state index contributed by atoms with van der Waals surface area (Å²) in [5, 5.41) is 35.7. The van der Waals surface area contributed by atoms with Crippen molar-refractivity contribution in [2.75, 3.05) is 0 Å². The van der Waals surface area contributed by atoms with E-state index in [2.05, 4.69) is 27.9 Å². The Balaban J connectivity index is 1.28. The van der Waals surface area contributed by atoms with E-state index >= 15 is 13.2 Å². The summed E-state index contributed by atoms with van der Waals surface area (Å²) in [6.07, 6.45) is -4.78. The molecule has 2 heterocycles. The number of aryl methyl sites for hydroxylation is 1. The standard InChI is InChI=1S/C67H36F3N7/c1-40-13-12-20-57(67(68,69)70)66(40)47-35-64(76-60-31-41(48-16-6-4-14-45(48)37-71)23-27-52(60)54-29-25-43(33-62(54)76)50-18-8-10-21-58(50)74-2)56(39-73)65(36-47)77-61-32-42(49-17-7-5-15-46(49)38-72)24-28-53(61)55-30-26-44(34-63(55)77)51-19-9-11-22-59(51)75-3/h4-36H,1H3. The zero-order valence-electron chi connectivity index (χ0n) is 40.8. The second kappa shape index (κ2) is 18.5. The molecule has 0 radical (unpaired) electrons. The van der Waals surface area contributed by atoms with Gasteiger partial charge in [-0.2, -0.15) is 29.0 Å². The van der Waals surface area contributed by atoms with Crippen LogP contribution in [-0.2, 0) is 6.18 Å². The molecule has 0 amide bonds. The van der Waals surface area contributed by atoms with Crippen molar-refractivity contribution in [3.63, 3.8) is 0 Å². The number of alkyl halides is 3. The van der Waals surface area contributed by atoms with E-state index < -0.39 is 11.7 Å². The summed E-state index contributed by atoms with van der Waals surface area (Å²) < 4.78 is 50.5. The molecule has 360 valence electrons. The molecule has 2 aromatic heterocycles. The summed E-state index contributed by atoms with van der Waals surface area (Å²) in [5.41, 5.74) is 9.93. The first-order valence-corrected chi connectivity index (χ1v) is 24.4. The van der Waals surface area contributed by atoms with Crippen LogP contribution in [0.5, 0.6) is 0 Å². The molecule has 0 saturated heterocycles. The van der Waals surface area contributed by atoms with Crippen molar-refractivity contribution in [3.05, 3.63) is 251 Å². The van der Waals surface area contributed by atoms with Crippen molar-refractivity contribution in [2.24, 2.45) is 0 Å². The molecular weight excluding hydrogens is 960 g/mol. The average Bonchev–Trinajstić information content (AvgIpc) is 3.99. The minimum Gasteiger partial charge on any atom is -0.308 e. The predicted octanol–water partition coefficient (Wildman–Crippen LogP) is 18.3. The quantitative estimate of drug-likeness (QED) is 0.149. The number of hydrogen-bond donors (Lipinski definition) is 0. The third kappa shape index (κ3) is 7.71. The van der Waals surface area contributed by atoms with Gasteiger partial charge < -0.3 is 9.13 Å². The number of nitrogens with zero attached hydrogens (tertiary/aromatic N) is 7. The van der Waals surface area contributed by atoms with E-state index in [4.69, 9.17) is 13.1 Å². The van der Waals surface area contributed by atoms with E-state index in [0.29, 0.717) is 94.6 Å². The fraction of sp³-hybridized carbons (Fsp3) is 0.0299. The molecule has 10 aromatic carbocycles. The van der Waals surface area contributed by atoms with Crippen molar-refractivity contribution in [2.45, 2.75) is 13.1 Å². The Labute approximate surface area is 440 Å². The lowest BCUT2D eigenvalue weighted by Gasteiger charge is -2.21. The zero-order valence-corrected chi connectivity index (χ0v) is 40.8. The van der Waals surface area contributed by atoms with Crippen molar-refractivity contribution >= 4 is 55.0 Å². The summed E-state index contributed by atoms with van der Waals surface area (Å²) in [4.78, 5) is 7.66. The lowest BCUT2D eigenvalue weighted by atomic mass is 9.92. The van der Waals surface area contributed by atoms with Crippen LogP contribution in [0, 0.1) is 54.1 Å². The highest BCUT2D eigenvalue weighted by atomic mass is 19.4. The van der Waals surface area contributed by atoms with Crippen molar-refractivity contribution < 1.29 is 13.2 Å². The normalized spacial score (nSPS) is 11.3. The number of aromatic nitrogens is 2. The largest absolute Gasteiger partial charge is 0.417 e. The predicted molar refractivity (Wildman–Crippen MR) is 299 cm³/mol. The molecule has 0 aliphatic heterocycles. The van der Waals surface area contributed by atoms with E-state index in [1.54, 1.807) is 73.7 Å². The summed E-state index contributed by atoms with van der Waals surface area (Å²) in [6, 6.07) is 67.0. The van der Waals surface area contributed by atoms with E-state index in [1.807, 2.05) is 130 Å². The summed E-state index contributed by atoms with van der Waals surface area (Å²) in [5.74, 6) is 0. The molecule has 0 N–H and O–H groups in total. The third-order valence-electron chi connectivity index (χ3n) is 14.5. The number of nitriles is 3. The topological polar surface area (TPSA) is 89.9 Å². The van der Waals surface area contributed by atoms with Gasteiger partial charge in [0.25, 0.3) is 0 Å². The van der Waals surface area contributed by atoms with Gasteiger partial charge in [0.1, 0.15) is 11.6 Å². The van der Waals surface area contributed by atoms with Gasteiger partial charge in [0, 0.05) is 21.5 Å². The van der Waals surface area contributed by atoms with Crippen LogP contribution in [-0.4, -0.2) is 9.13 Å². The Morgan fingerprint density at radius 2 is 0.792 bits per heavy atom. The van der Waals surface area contributed by atoms with Crippen molar-refractivity contribution in [1.82, 2.24) is 9.13 Å². The van der Waals surface area contributed by atoms with Gasteiger partial charge >= 0.3 is 6.18 Å². The van der Waals surface area contributed by atoms with Gasteiger partial charge in [0.05, 0.1) is 75.4 Å². The number of para-hydroxylation sites is 2. The summed E-state index contributed by atoms with van der Waals surface area (Å²) in [6.45, 7) is 17.8. The SMILES string of the molecule is [C-]#[N+]c1ccccc1-c1ccc2c3ccc(-c4ccccc4C#N)cc3n(-c3cc(-c4c(C)cccc4C(F)(F)F)cc(-n4c5cc(-c6ccccc6C#N)ccc5c5ccc(-c6ccccc6[N+]#[C-])cc54)c3C#N)c2c1. The molecule has 0 unspecified atom stereocenters. The van der Waals surface area contributed by atoms with E-state index in [-0.39, 0.29) is 28.1 Å². The minimum absolute atomic E-state index is 0.0702. The zero-order chi connectivity index (χ0) is 53.1. The summed E-state index contributed by atoms with van der Waals surface area (Å²) >= 11 is 0. The van der Waals surface area contributed by atoms with Crippen LogP contribution < -0.4 is 0 Å². The molecule has 12 rings (SSSR count). The van der Waals surface area contributed by atoms with E-state index in [9.17, 15) is 15.8 Å². The number of halogens is 3. The highest BCUT2D eigenvalue weighted by molar-refractivity contribution is 6.14. The second-order valence-electron chi connectivity index (χ2n) is 18.7. The van der Waals surface area contributed by atoms with Gasteiger partial charge in [-0.1, -0.05) is 146 Å². The first kappa shape index (κ1) is 47.1. The number of rotatable bonds is 7. The lowest BCUT2D eigenvalue weighted by molar-refractivity contribution is -0.137. The second-order valence-corrected chi connectivity index (χ2v) is 18.7. The van der Waals surface area contributed by atoms with Crippen LogP contribution in [0.15, 0.2) is 200 Å². The lowest BCUT2D eigenvalue weighted by Crippen LogP contribution is -2.10. The molecule has 0 aliphatic carbocycles. The molecule has 0 atom stereocenters. The van der Waals surface area contributed by atoms with E-state index in [1.165, 1.54) is 6.07 Å². The average molecular weight is 996 g/mol. The maximum atomic E-state index is 15.6. The first-order chi connectivity index (χ1) is 37.5. The molecule has 10 heteroatoms. The molecule has 0 saturated carbocycles. The van der Waals surface area contributed by atoms with Crippen LogP contribution in [0.1, 0.15) is 27.8 Å². The molecule has 0 bridgehead atoms. The molecule has 12 aromatic rings. The smallest absolute Gasteiger partial charge is 0.308 e. The molecule has 77 heavy (non-hydrogen) atoms. The fourth-order valence-corrected chi connectivity index (χ4v) is 11.0. The van der Waals surface area contributed by atoms with Crippen LogP contribution in [0.3, 0.4) is 0 Å². The van der Waals surface area contributed by atoms with Gasteiger partial charge in [0.15, 0.2) is 11.4 Å². The van der Waals surface area contributed by atoms with Gasteiger partial charge in [-0.15, -0.1) is 0 Å². The van der Waals surface area contributed by atoms with Gasteiger partial charge in [-0.3, -0.25) is 0 Å². The van der Waals surface area contributed by atoms with Crippen molar-refractivity contribution in [1.29, 1.82) is 15.8 Å².